The standard InChI is InChI=1S/C17H16Cl2N2O2/c1-10-3-4-12(7-11(10)2)17(23)20-9-16(22)21-13-5-6-14(18)15(19)8-13/h3-8H,9H2,1-2H3,(H,20,23)(H,21,22). The fourth-order valence-electron chi connectivity index (χ4n) is 1.92. The van der Waals surface area contributed by atoms with E-state index in [1.54, 1.807) is 30.3 Å². The van der Waals surface area contributed by atoms with Crippen LogP contribution in [0.15, 0.2) is 36.4 Å². The highest BCUT2D eigenvalue weighted by Gasteiger charge is 2.09. The second-order valence-corrected chi connectivity index (χ2v) is 5.97. The molecule has 0 aliphatic rings. The monoisotopic (exact) mass is 350 g/mol. The zero-order valence-electron chi connectivity index (χ0n) is 12.7. The van der Waals surface area contributed by atoms with Crippen LogP contribution in [-0.2, 0) is 4.79 Å². The summed E-state index contributed by atoms with van der Waals surface area (Å²) < 4.78 is 0. The average molecular weight is 351 g/mol. The van der Waals surface area contributed by atoms with Gasteiger partial charge in [-0.15, -0.1) is 0 Å². The van der Waals surface area contributed by atoms with E-state index in [2.05, 4.69) is 10.6 Å². The molecule has 0 bridgehead atoms. The fraction of sp³-hybridized carbons (Fsp3) is 0.176. The van der Waals surface area contributed by atoms with Crippen molar-refractivity contribution >= 4 is 40.7 Å². The van der Waals surface area contributed by atoms with Crippen LogP contribution in [0.1, 0.15) is 21.5 Å². The molecule has 0 heterocycles. The van der Waals surface area contributed by atoms with Crippen LogP contribution in [-0.4, -0.2) is 18.4 Å². The summed E-state index contributed by atoms with van der Waals surface area (Å²) in [4.78, 5) is 23.9. The van der Waals surface area contributed by atoms with Gasteiger partial charge in [0.15, 0.2) is 0 Å². The van der Waals surface area contributed by atoms with Crippen molar-refractivity contribution in [1.29, 1.82) is 0 Å². The molecule has 0 saturated heterocycles. The number of benzene rings is 2. The Hall–Kier alpha value is -2.04. The summed E-state index contributed by atoms with van der Waals surface area (Å²) in [5.41, 5.74) is 3.18. The average Bonchev–Trinajstić information content (AvgIpc) is 2.51. The Kier molecular flexibility index (Phi) is 5.64. The molecule has 2 aromatic carbocycles. The molecule has 6 heteroatoms. The Balaban J connectivity index is 1.91. The minimum atomic E-state index is -0.347. The quantitative estimate of drug-likeness (QED) is 0.875. The van der Waals surface area contributed by atoms with Gasteiger partial charge in [-0.2, -0.15) is 0 Å². The summed E-state index contributed by atoms with van der Waals surface area (Å²) in [5.74, 6) is -0.641. The van der Waals surface area contributed by atoms with Gasteiger partial charge in [-0.1, -0.05) is 29.3 Å². The zero-order valence-corrected chi connectivity index (χ0v) is 14.3. The summed E-state index contributed by atoms with van der Waals surface area (Å²) in [6.45, 7) is 3.77. The molecule has 0 atom stereocenters. The van der Waals surface area contributed by atoms with Crippen LogP contribution in [0.3, 0.4) is 0 Å². The molecule has 0 saturated carbocycles. The van der Waals surface area contributed by atoms with Crippen LogP contribution in [0, 0.1) is 13.8 Å². The molecule has 120 valence electrons. The highest BCUT2D eigenvalue weighted by molar-refractivity contribution is 6.42. The molecule has 2 amide bonds. The highest BCUT2D eigenvalue weighted by Crippen LogP contribution is 2.24. The van der Waals surface area contributed by atoms with Crippen LogP contribution < -0.4 is 10.6 Å². The molecule has 23 heavy (non-hydrogen) atoms. The van der Waals surface area contributed by atoms with Gasteiger partial charge in [-0.3, -0.25) is 9.59 Å². The van der Waals surface area contributed by atoms with Crippen molar-refractivity contribution in [2.45, 2.75) is 13.8 Å². The molecule has 0 unspecified atom stereocenters. The van der Waals surface area contributed by atoms with E-state index in [9.17, 15) is 9.59 Å². The summed E-state index contributed by atoms with van der Waals surface area (Å²) in [7, 11) is 0. The van der Waals surface area contributed by atoms with E-state index in [0.717, 1.165) is 11.1 Å². The van der Waals surface area contributed by atoms with E-state index in [-0.39, 0.29) is 18.4 Å². The Labute approximate surface area is 144 Å². The molecule has 0 spiro atoms. The molecular formula is C17H16Cl2N2O2. The largest absolute Gasteiger partial charge is 0.343 e. The number of carbonyl (C=O) groups excluding carboxylic acids is 2. The number of anilines is 1. The van der Waals surface area contributed by atoms with Gasteiger partial charge in [0.05, 0.1) is 16.6 Å². The van der Waals surface area contributed by atoms with E-state index < -0.39 is 0 Å². The maximum absolute atomic E-state index is 12.0. The number of rotatable bonds is 4. The number of halogens is 2. The van der Waals surface area contributed by atoms with E-state index in [0.29, 0.717) is 21.3 Å². The molecule has 2 rings (SSSR count). The van der Waals surface area contributed by atoms with Crippen molar-refractivity contribution in [2.24, 2.45) is 0 Å². The predicted octanol–water partition coefficient (Wildman–Crippen LogP) is 3.98. The molecule has 0 fully saturated rings. The lowest BCUT2D eigenvalue weighted by molar-refractivity contribution is -0.115. The van der Waals surface area contributed by atoms with Crippen LogP contribution in [0.4, 0.5) is 5.69 Å². The van der Waals surface area contributed by atoms with Crippen LogP contribution in [0.5, 0.6) is 0 Å². The number of amides is 2. The molecule has 0 aromatic heterocycles. The van der Waals surface area contributed by atoms with Gasteiger partial charge in [0.25, 0.3) is 5.91 Å². The Morgan fingerprint density at radius 3 is 2.35 bits per heavy atom. The minimum Gasteiger partial charge on any atom is -0.343 e. The summed E-state index contributed by atoms with van der Waals surface area (Å²) >= 11 is 11.7. The summed E-state index contributed by atoms with van der Waals surface area (Å²) in [6.07, 6.45) is 0. The van der Waals surface area contributed by atoms with Gasteiger partial charge in [-0.25, -0.2) is 0 Å². The number of hydrogen-bond donors (Lipinski definition) is 2. The molecule has 2 N–H and O–H groups in total. The van der Waals surface area contributed by atoms with Gasteiger partial charge in [-0.05, 0) is 55.3 Å². The molecular weight excluding hydrogens is 335 g/mol. The molecule has 0 aliphatic carbocycles. The Morgan fingerprint density at radius 2 is 1.70 bits per heavy atom. The first-order valence-electron chi connectivity index (χ1n) is 6.97. The normalized spacial score (nSPS) is 10.3. The molecule has 0 radical (unpaired) electrons. The predicted molar refractivity (Wildman–Crippen MR) is 93.3 cm³/mol. The third-order valence-electron chi connectivity index (χ3n) is 3.38. The number of nitrogens with one attached hydrogen (secondary N) is 2. The van der Waals surface area contributed by atoms with Gasteiger partial charge in [0, 0.05) is 11.3 Å². The topological polar surface area (TPSA) is 58.2 Å². The summed E-state index contributed by atoms with van der Waals surface area (Å²) in [6, 6.07) is 10.2. The third-order valence-corrected chi connectivity index (χ3v) is 4.12. The zero-order chi connectivity index (χ0) is 17.0. The highest BCUT2D eigenvalue weighted by atomic mass is 35.5. The number of aryl methyl sites for hydroxylation is 2. The molecule has 2 aromatic rings. The van der Waals surface area contributed by atoms with Crippen molar-refractivity contribution in [3.8, 4) is 0 Å². The van der Waals surface area contributed by atoms with Crippen molar-refractivity contribution < 1.29 is 9.59 Å². The lowest BCUT2D eigenvalue weighted by Gasteiger charge is -2.09. The lowest BCUT2D eigenvalue weighted by Crippen LogP contribution is -2.32. The van der Waals surface area contributed by atoms with Crippen molar-refractivity contribution in [3.05, 3.63) is 63.1 Å². The van der Waals surface area contributed by atoms with Crippen molar-refractivity contribution in [3.63, 3.8) is 0 Å². The lowest BCUT2D eigenvalue weighted by atomic mass is 10.1. The summed E-state index contributed by atoms with van der Waals surface area (Å²) in [5, 5.41) is 5.98. The molecule has 0 aliphatic heterocycles. The Morgan fingerprint density at radius 1 is 0.957 bits per heavy atom. The van der Waals surface area contributed by atoms with Crippen molar-refractivity contribution in [2.75, 3.05) is 11.9 Å². The SMILES string of the molecule is Cc1ccc(C(=O)NCC(=O)Nc2ccc(Cl)c(Cl)c2)cc1C. The van der Waals surface area contributed by atoms with E-state index in [4.69, 9.17) is 23.2 Å². The second kappa shape index (κ2) is 7.49. The van der Waals surface area contributed by atoms with Gasteiger partial charge >= 0.3 is 0 Å². The third kappa shape index (κ3) is 4.71. The first-order chi connectivity index (χ1) is 10.9. The van der Waals surface area contributed by atoms with Crippen LogP contribution >= 0.6 is 23.2 Å². The van der Waals surface area contributed by atoms with Crippen molar-refractivity contribution in [1.82, 2.24) is 5.32 Å². The van der Waals surface area contributed by atoms with E-state index in [1.165, 1.54) is 0 Å². The van der Waals surface area contributed by atoms with Gasteiger partial charge in [0.1, 0.15) is 0 Å². The van der Waals surface area contributed by atoms with E-state index in [1.807, 2.05) is 19.9 Å². The van der Waals surface area contributed by atoms with Crippen LogP contribution in [0.2, 0.25) is 10.0 Å². The van der Waals surface area contributed by atoms with Gasteiger partial charge in [0.2, 0.25) is 5.91 Å². The maximum Gasteiger partial charge on any atom is 0.251 e. The first-order valence-corrected chi connectivity index (χ1v) is 7.73. The van der Waals surface area contributed by atoms with Gasteiger partial charge < -0.3 is 10.6 Å². The maximum atomic E-state index is 12.0. The second-order valence-electron chi connectivity index (χ2n) is 5.16. The Bertz CT molecular complexity index is 760. The fourth-order valence-corrected chi connectivity index (χ4v) is 2.22. The number of hydrogen-bond acceptors (Lipinski definition) is 2. The van der Waals surface area contributed by atoms with E-state index >= 15 is 0 Å². The first kappa shape index (κ1) is 17.3. The number of carbonyl (C=O) groups is 2. The molecule has 4 nitrogen and oxygen atoms in total. The minimum absolute atomic E-state index is 0.133. The smallest absolute Gasteiger partial charge is 0.251 e. The van der Waals surface area contributed by atoms with Crippen LogP contribution in [0.25, 0.3) is 0 Å².